The molecule has 2 aromatic rings. The summed E-state index contributed by atoms with van der Waals surface area (Å²) in [5, 5.41) is 11.3. The average molecular weight is 385 g/mol. The predicted molar refractivity (Wildman–Crippen MR) is 104 cm³/mol. The first-order valence-corrected chi connectivity index (χ1v) is 9.37. The smallest absolute Gasteiger partial charge is 0.295 e. The van der Waals surface area contributed by atoms with Gasteiger partial charge in [-0.1, -0.05) is 49.6 Å². The van der Waals surface area contributed by atoms with Crippen molar-refractivity contribution in [1.82, 2.24) is 9.88 Å². The minimum absolute atomic E-state index is 0.0532. The molecule has 3 rings (SSSR count). The molecule has 6 heteroatoms. The summed E-state index contributed by atoms with van der Waals surface area (Å²) in [6.07, 6.45) is 4.35. The molecule has 1 aliphatic heterocycles. The second kappa shape index (κ2) is 8.35. The van der Waals surface area contributed by atoms with Crippen LogP contribution >= 0.6 is 11.6 Å². The number of amides is 1. The molecule has 1 saturated heterocycles. The van der Waals surface area contributed by atoms with Crippen molar-refractivity contribution in [1.29, 1.82) is 0 Å². The van der Waals surface area contributed by atoms with Gasteiger partial charge in [-0.05, 0) is 30.7 Å². The van der Waals surface area contributed by atoms with E-state index in [1.807, 2.05) is 0 Å². The van der Waals surface area contributed by atoms with Crippen LogP contribution in [0.1, 0.15) is 43.5 Å². The first-order chi connectivity index (χ1) is 13.0. The van der Waals surface area contributed by atoms with Crippen LogP contribution in [-0.4, -0.2) is 33.2 Å². The van der Waals surface area contributed by atoms with Crippen molar-refractivity contribution in [2.75, 3.05) is 6.54 Å². The van der Waals surface area contributed by atoms with Gasteiger partial charge in [-0.3, -0.25) is 14.6 Å². The monoisotopic (exact) mass is 384 g/mol. The standard InChI is InChI=1S/C21H21ClN2O3/c1-2-3-6-12-24-18(16-10-4-5-11-23-16)17(20(26)21(24)27)19(25)14-8-7-9-15(22)13-14/h4-5,7-11,13,18,25H,2-3,6,12H2,1H3/b19-17-. The zero-order valence-electron chi connectivity index (χ0n) is 15.1. The summed E-state index contributed by atoms with van der Waals surface area (Å²) >= 11 is 6.02. The van der Waals surface area contributed by atoms with E-state index in [1.165, 1.54) is 4.90 Å². The van der Waals surface area contributed by atoms with Crippen LogP contribution in [0.15, 0.2) is 54.2 Å². The fourth-order valence-electron chi connectivity index (χ4n) is 3.28. The third-order valence-electron chi connectivity index (χ3n) is 4.61. The molecule has 27 heavy (non-hydrogen) atoms. The van der Waals surface area contributed by atoms with Crippen LogP contribution in [0.3, 0.4) is 0 Å². The normalized spacial score (nSPS) is 18.9. The molecule has 1 aliphatic rings. The molecule has 1 amide bonds. The predicted octanol–water partition coefficient (Wildman–Crippen LogP) is 4.35. The molecule has 1 N–H and O–H groups in total. The third kappa shape index (κ3) is 3.88. The zero-order valence-corrected chi connectivity index (χ0v) is 15.8. The molecule has 1 aromatic carbocycles. The van der Waals surface area contributed by atoms with E-state index < -0.39 is 17.7 Å². The van der Waals surface area contributed by atoms with Gasteiger partial charge in [0.05, 0.1) is 11.3 Å². The number of hydrogen-bond donors (Lipinski definition) is 1. The number of benzene rings is 1. The molecule has 0 saturated carbocycles. The van der Waals surface area contributed by atoms with E-state index >= 15 is 0 Å². The van der Waals surface area contributed by atoms with Crippen molar-refractivity contribution in [2.24, 2.45) is 0 Å². The van der Waals surface area contributed by atoms with Crippen molar-refractivity contribution < 1.29 is 14.7 Å². The van der Waals surface area contributed by atoms with Crippen LogP contribution in [0.2, 0.25) is 5.02 Å². The van der Waals surface area contributed by atoms with Gasteiger partial charge in [-0.2, -0.15) is 0 Å². The van der Waals surface area contributed by atoms with E-state index in [0.717, 1.165) is 19.3 Å². The summed E-state index contributed by atoms with van der Waals surface area (Å²) in [7, 11) is 0. The molecular formula is C21H21ClN2O3. The Morgan fingerprint density at radius 1 is 1.19 bits per heavy atom. The summed E-state index contributed by atoms with van der Waals surface area (Å²) in [6, 6.07) is 11.2. The van der Waals surface area contributed by atoms with E-state index in [1.54, 1.807) is 48.7 Å². The van der Waals surface area contributed by atoms with Crippen molar-refractivity contribution in [3.05, 3.63) is 70.5 Å². The first-order valence-electron chi connectivity index (χ1n) is 9.00. The highest BCUT2D eigenvalue weighted by molar-refractivity contribution is 6.46. The molecule has 5 nitrogen and oxygen atoms in total. The van der Waals surface area contributed by atoms with Crippen LogP contribution in [0, 0.1) is 0 Å². The zero-order chi connectivity index (χ0) is 19.4. The van der Waals surface area contributed by atoms with Gasteiger partial charge in [-0.15, -0.1) is 0 Å². The number of aliphatic hydroxyl groups is 1. The Labute approximate surface area is 163 Å². The molecule has 1 atom stereocenters. The van der Waals surface area contributed by atoms with Crippen molar-refractivity contribution in [3.63, 3.8) is 0 Å². The Hall–Kier alpha value is -2.66. The Morgan fingerprint density at radius 2 is 2.00 bits per heavy atom. The maximum atomic E-state index is 12.8. The maximum absolute atomic E-state index is 12.8. The molecule has 0 bridgehead atoms. The molecule has 2 heterocycles. The van der Waals surface area contributed by atoms with Gasteiger partial charge in [0, 0.05) is 23.3 Å². The van der Waals surface area contributed by atoms with Gasteiger partial charge in [0.25, 0.3) is 11.7 Å². The topological polar surface area (TPSA) is 70.5 Å². The number of unbranched alkanes of at least 4 members (excludes halogenated alkanes) is 2. The van der Waals surface area contributed by atoms with Crippen molar-refractivity contribution >= 4 is 29.1 Å². The van der Waals surface area contributed by atoms with E-state index in [4.69, 9.17) is 11.6 Å². The molecule has 0 spiro atoms. The highest BCUT2D eigenvalue weighted by Gasteiger charge is 2.46. The number of Topliss-reactive ketones (excluding diaryl/α,β-unsaturated/α-hetero) is 1. The Kier molecular flexibility index (Phi) is 5.91. The summed E-state index contributed by atoms with van der Waals surface area (Å²) in [4.78, 5) is 31.3. The number of aromatic nitrogens is 1. The molecule has 1 fully saturated rings. The lowest BCUT2D eigenvalue weighted by Gasteiger charge is -2.24. The number of carbonyl (C=O) groups is 2. The highest BCUT2D eigenvalue weighted by Crippen LogP contribution is 2.38. The third-order valence-corrected chi connectivity index (χ3v) is 4.84. The number of pyridine rings is 1. The summed E-state index contributed by atoms with van der Waals surface area (Å²) in [6.45, 7) is 2.51. The molecule has 0 aliphatic carbocycles. The van der Waals surface area contributed by atoms with Gasteiger partial charge >= 0.3 is 0 Å². The number of ketones is 1. The SMILES string of the molecule is CCCCCN1C(=O)C(=O)/C(=C(\O)c2cccc(Cl)c2)C1c1ccccn1. The van der Waals surface area contributed by atoms with E-state index in [9.17, 15) is 14.7 Å². The second-order valence-electron chi connectivity index (χ2n) is 6.46. The lowest BCUT2D eigenvalue weighted by molar-refractivity contribution is -0.140. The molecule has 0 radical (unpaired) electrons. The number of halogens is 1. The first kappa shape index (κ1) is 19.1. The molecule has 140 valence electrons. The fourth-order valence-corrected chi connectivity index (χ4v) is 3.47. The minimum atomic E-state index is -0.706. The van der Waals surface area contributed by atoms with E-state index in [-0.39, 0.29) is 11.3 Å². The lowest BCUT2D eigenvalue weighted by atomic mass is 9.98. The summed E-state index contributed by atoms with van der Waals surface area (Å²) in [5.74, 6) is -1.53. The Morgan fingerprint density at radius 3 is 2.67 bits per heavy atom. The van der Waals surface area contributed by atoms with Crippen LogP contribution in [-0.2, 0) is 9.59 Å². The second-order valence-corrected chi connectivity index (χ2v) is 6.90. The Bertz CT molecular complexity index is 880. The van der Waals surface area contributed by atoms with Crippen LogP contribution in [0.4, 0.5) is 0 Å². The van der Waals surface area contributed by atoms with Gasteiger partial charge in [-0.25, -0.2) is 0 Å². The van der Waals surface area contributed by atoms with Gasteiger partial charge in [0.2, 0.25) is 0 Å². The van der Waals surface area contributed by atoms with Gasteiger partial charge in [0.15, 0.2) is 0 Å². The lowest BCUT2D eigenvalue weighted by Crippen LogP contribution is -2.31. The van der Waals surface area contributed by atoms with Crippen LogP contribution in [0.25, 0.3) is 5.76 Å². The average Bonchev–Trinajstić information content (AvgIpc) is 2.93. The van der Waals surface area contributed by atoms with E-state index in [0.29, 0.717) is 22.8 Å². The van der Waals surface area contributed by atoms with Gasteiger partial charge in [0.1, 0.15) is 11.8 Å². The number of aliphatic hydroxyl groups excluding tert-OH is 1. The molecular weight excluding hydrogens is 364 g/mol. The number of nitrogens with zero attached hydrogens (tertiary/aromatic N) is 2. The molecule has 1 unspecified atom stereocenters. The fraction of sp³-hybridized carbons (Fsp3) is 0.286. The quantitative estimate of drug-likeness (QED) is 0.348. The number of hydrogen-bond acceptors (Lipinski definition) is 4. The van der Waals surface area contributed by atoms with Crippen molar-refractivity contribution in [3.8, 4) is 0 Å². The van der Waals surface area contributed by atoms with E-state index in [2.05, 4.69) is 11.9 Å². The summed E-state index contributed by atoms with van der Waals surface area (Å²) < 4.78 is 0. The summed E-state index contributed by atoms with van der Waals surface area (Å²) in [5.41, 5.74) is 1.00. The highest BCUT2D eigenvalue weighted by atomic mass is 35.5. The number of rotatable bonds is 6. The van der Waals surface area contributed by atoms with Crippen LogP contribution < -0.4 is 0 Å². The minimum Gasteiger partial charge on any atom is -0.507 e. The van der Waals surface area contributed by atoms with Gasteiger partial charge < -0.3 is 10.0 Å². The van der Waals surface area contributed by atoms with Crippen molar-refractivity contribution in [2.45, 2.75) is 32.2 Å². The van der Waals surface area contributed by atoms with Crippen LogP contribution in [0.5, 0.6) is 0 Å². The maximum Gasteiger partial charge on any atom is 0.295 e. The largest absolute Gasteiger partial charge is 0.507 e. The number of carbonyl (C=O) groups excluding carboxylic acids is 2. The number of likely N-dealkylation sites (tertiary alicyclic amines) is 1. The Balaban J connectivity index is 2.11. The molecule has 1 aromatic heterocycles.